The number of rotatable bonds is 7. The molecule has 0 amide bonds. The summed E-state index contributed by atoms with van der Waals surface area (Å²) in [5.41, 5.74) is 11.3. The fourth-order valence-corrected chi connectivity index (χ4v) is 3.98. The summed E-state index contributed by atoms with van der Waals surface area (Å²) in [5, 5.41) is 3.94. The van der Waals surface area contributed by atoms with Crippen LogP contribution in [0.1, 0.15) is 32.7 Å². The number of halogens is 1. The fourth-order valence-electron chi connectivity index (χ4n) is 3.47. The maximum absolute atomic E-state index is 13.2. The molecule has 1 heterocycles. The van der Waals surface area contributed by atoms with E-state index in [2.05, 4.69) is 10.3 Å². The van der Waals surface area contributed by atoms with E-state index in [-0.39, 0.29) is 5.78 Å². The Balaban J connectivity index is 1.74. The van der Waals surface area contributed by atoms with Gasteiger partial charge < -0.3 is 16.0 Å². The number of nitrogens with two attached hydrogens (primary N) is 1. The first-order valence-electron chi connectivity index (χ1n) is 10.1. The van der Waals surface area contributed by atoms with E-state index in [1.165, 1.54) is 0 Å². The van der Waals surface area contributed by atoms with Gasteiger partial charge in [-0.1, -0.05) is 84.0 Å². The lowest BCUT2D eigenvalue weighted by Gasteiger charge is -2.10. The van der Waals surface area contributed by atoms with Gasteiger partial charge in [-0.2, -0.15) is 0 Å². The highest BCUT2D eigenvalue weighted by Gasteiger charge is 2.24. The number of benzene rings is 3. The Bertz CT molecular complexity index is 1260. The number of H-pyrrole nitrogens is 1. The van der Waals surface area contributed by atoms with E-state index >= 15 is 0 Å². The normalized spacial score (nSPS) is 10.7. The summed E-state index contributed by atoms with van der Waals surface area (Å²) in [7, 11) is 0. The highest BCUT2D eigenvalue weighted by Crippen LogP contribution is 2.32. The third kappa shape index (κ3) is 4.74. The summed E-state index contributed by atoms with van der Waals surface area (Å²) >= 11 is 11.8. The van der Waals surface area contributed by atoms with Crippen LogP contribution in [0.2, 0.25) is 5.02 Å². The van der Waals surface area contributed by atoms with Crippen molar-refractivity contribution in [1.29, 1.82) is 0 Å². The molecule has 0 saturated carbocycles. The van der Waals surface area contributed by atoms with Crippen molar-refractivity contribution in [3.63, 3.8) is 0 Å². The highest BCUT2D eigenvalue weighted by molar-refractivity contribution is 7.80. The number of hydrogen-bond acceptors (Lipinski definition) is 4. The molecule has 0 radical (unpaired) electrons. The van der Waals surface area contributed by atoms with Crippen LogP contribution in [0.15, 0.2) is 78.9 Å². The number of nitrogens with one attached hydrogen (secondary N) is 2. The van der Waals surface area contributed by atoms with Crippen LogP contribution in [0.3, 0.4) is 0 Å². The predicted molar refractivity (Wildman–Crippen MR) is 136 cm³/mol. The van der Waals surface area contributed by atoms with Gasteiger partial charge in [-0.3, -0.25) is 4.79 Å². The van der Waals surface area contributed by atoms with Crippen LogP contribution >= 0.6 is 23.8 Å². The molecule has 4 N–H and O–H groups in total. The first-order valence-corrected chi connectivity index (χ1v) is 10.9. The fraction of sp³-hybridized carbons (Fsp3) is 0.0769. The summed E-state index contributed by atoms with van der Waals surface area (Å²) in [6.45, 7) is 1.98. The average Bonchev–Trinajstić information content (AvgIpc) is 3.11. The molecule has 0 aliphatic rings. The number of nitrogen functional groups attached to an aromatic ring is 1. The third-order valence-electron chi connectivity index (χ3n) is 5.18. The SMILES string of the molecule is Cc1ccc(C(=O)c2[nH]c(Nc3ccc(Cl)cc3)c(C(=S)Cc3ccccc3)c2N)cc1. The maximum atomic E-state index is 13.2. The standard InChI is InChI=1S/C26H22ClN3OS/c1-16-7-9-18(10-8-16)25(31)24-23(28)22(21(32)15-17-5-3-2-4-6-17)26(30-24)29-20-13-11-19(27)12-14-20/h2-14,29-30H,15,28H2,1H3. The van der Waals surface area contributed by atoms with Gasteiger partial charge in [-0.05, 0) is 36.8 Å². The second-order valence-electron chi connectivity index (χ2n) is 7.58. The van der Waals surface area contributed by atoms with Crippen LogP contribution in [0.25, 0.3) is 0 Å². The van der Waals surface area contributed by atoms with Crippen LogP contribution in [-0.2, 0) is 6.42 Å². The van der Waals surface area contributed by atoms with Gasteiger partial charge in [0.1, 0.15) is 11.5 Å². The molecule has 0 fully saturated rings. The zero-order valence-electron chi connectivity index (χ0n) is 17.5. The van der Waals surface area contributed by atoms with E-state index in [9.17, 15) is 4.79 Å². The molecule has 32 heavy (non-hydrogen) atoms. The van der Waals surface area contributed by atoms with Crippen LogP contribution in [0, 0.1) is 6.92 Å². The first-order chi connectivity index (χ1) is 15.4. The monoisotopic (exact) mass is 459 g/mol. The van der Waals surface area contributed by atoms with Gasteiger partial charge in [0.25, 0.3) is 0 Å². The number of carbonyl (C=O) groups excluding carboxylic acids is 1. The summed E-state index contributed by atoms with van der Waals surface area (Å²) in [6, 6.07) is 24.6. The summed E-state index contributed by atoms with van der Waals surface area (Å²) in [5.74, 6) is 0.400. The molecule has 0 unspecified atom stereocenters. The summed E-state index contributed by atoms with van der Waals surface area (Å²) < 4.78 is 0. The number of ketones is 1. The summed E-state index contributed by atoms with van der Waals surface area (Å²) in [6.07, 6.45) is 0.533. The molecular formula is C26H22ClN3OS. The minimum atomic E-state index is -0.185. The zero-order valence-corrected chi connectivity index (χ0v) is 19.1. The Labute approximate surface area is 197 Å². The lowest BCUT2D eigenvalue weighted by atomic mass is 10.0. The molecule has 4 rings (SSSR count). The Morgan fingerprint density at radius 3 is 2.31 bits per heavy atom. The molecule has 4 aromatic rings. The van der Waals surface area contributed by atoms with E-state index in [1.807, 2.05) is 61.5 Å². The molecule has 160 valence electrons. The largest absolute Gasteiger partial charge is 0.396 e. The van der Waals surface area contributed by atoms with E-state index in [0.29, 0.717) is 44.6 Å². The van der Waals surface area contributed by atoms with E-state index in [1.54, 1.807) is 24.3 Å². The smallest absolute Gasteiger partial charge is 0.211 e. The zero-order chi connectivity index (χ0) is 22.7. The Kier molecular flexibility index (Phi) is 6.40. The van der Waals surface area contributed by atoms with E-state index in [4.69, 9.17) is 29.6 Å². The van der Waals surface area contributed by atoms with Crippen molar-refractivity contribution in [2.24, 2.45) is 0 Å². The molecular weight excluding hydrogens is 438 g/mol. The molecule has 6 heteroatoms. The van der Waals surface area contributed by atoms with Crippen molar-refractivity contribution < 1.29 is 4.79 Å². The van der Waals surface area contributed by atoms with Crippen LogP contribution in [0.5, 0.6) is 0 Å². The predicted octanol–water partition coefficient (Wildman–Crippen LogP) is 6.49. The minimum Gasteiger partial charge on any atom is -0.396 e. The number of carbonyl (C=O) groups is 1. The first kappa shape index (κ1) is 21.8. The molecule has 1 aromatic heterocycles. The maximum Gasteiger partial charge on any atom is 0.211 e. The quantitative estimate of drug-likeness (QED) is 0.218. The van der Waals surface area contributed by atoms with Crippen molar-refractivity contribution in [3.8, 4) is 0 Å². The van der Waals surface area contributed by atoms with Gasteiger partial charge in [0.2, 0.25) is 5.78 Å². The van der Waals surface area contributed by atoms with Crippen LogP contribution in [0.4, 0.5) is 17.2 Å². The van der Waals surface area contributed by atoms with Gasteiger partial charge in [0.05, 0.1) is 11.3 Å². The second-order valence-corrected chi connectivity index (χ2v) is 8.51. The molecule has 0 aliphatic carbocycles. The van der Waals surface area contributed by atoms with Crippen molar-refractivity contribution in [2.45, 2.75) is 13.3 Å². The van der Waals surface area contributed by atoms with Crippen molar-refractivity contribution in [3.05, 3.63) is 112 Å². The van der Waals surface area contributed by atoms with Crippen LogP contribution < -0.4 is 11.1 Å². The van der Waals surface area contributed by atoms with Gasteiger partial charge in [0.15, 0.2) is 0 Å². The Hall–Kier alpha value is -3.41. The molecule has 0 aliphatic heterocycles. The summed E-state index contributed by atoms with van der Waals surface area (Å²) in [4.78, 5) is 17.1. The molecule has 0 bridgehead atoms. The topological polar surface area (TPSA) is 70.9 Å². The molecule has 3 aromatic carbocycles. The number of hydrogen-bond donors (Lipinski definition) is 3. The number of thiocarbonyl (C=S) groups is 1. The third-order valence-corrected chi connectivity index (χ3v) is 5.78. The Morgan fingerprint density at radius 1 is 1.00 bits per heavy atom. The van der Waals surface area contributed by atoms with Gasteiger partial charge in [-0.15, -0.1) is 0 Å². The van der Waals surface area contributed by atoms with Crippen LogP contribution in [-0.4, -0.2) is 15.6 Å². The van der Waals surface area contributed by atoms with Crippen molar-refractivity contribution in [2.75, 3.05) is 11.1 Å². The highest BCUT2D eigenvalue weighted by atomic mass is 35.5. The minimum absolute atomic E-state index is 0.185. The number of anilines is 3. The lowest BCUT2D eigenvalue weighted by Crippen LogP contribution is -2.08. The number of aromatic nitrogens is 1. The Morgan fingerprint density at radius 2 is 1.66 bits per heavy atom. The molecule has 0 spiro atoms. The van der Waals surface area contributed by atoms with Crippen molar-refractivity contribution in [1.82, 2.24) is 4.98 Å². The number of aromatic amines is 1. The lowest BCUT2D eigenvalue weighted by molar-refractivity contribution is 0.103. The molecule has 0 saturated heterocycles. The van der Waals surface area contributed by atoms with Gasteiger partial charge in [-0.25, -0.2) is 0 Å². The van der Waals surface area contributed by atoms with Crippen molar-refractivity contribution >= 4 is 51.7 Å². The molecule has 4 nitrogen and oxygen atoms in total. The average molecular weight is 460 g/mol. The second kappa shape index (κ2) is 9.39. The van der Waals surface area contributed by atoms with Gasteiger partial charge in [0, 0.05) is 27.6 Å². The number of aryl methyl sites for hydroxylation is 1. The van der Waals surface area contributed by atoms with E-state index in [0.717, 1.165) is 16.8 Å². The van der Waals surface area contributed by atoms with E-state index < -0.39 is 0 Å². The van der Waals surface area contributed by atoms with Gasteiger partial charge >= 0.3 is 0 Å². The molecule has 0 atom stereocenters.